The van der Waals surface area contributed by atoms with Gasteiger partial charge in [0.25, 0.3) is 0 Å². The van der Waals surface area contributed by atoms with Crippen molar-refractivity contribution < 1.29 is 4.55 Å². The fourth-order valence-electron chi connectivity index (χ4n) is 2.16. The maximum Gasteiger partial charge on any atom is 0.144 e. The van der Waals surface area contributed by atoms with Crippen molar-refractivity contribution in [2.75, 3.05) is 0 Å². The predicted molar refractivity (Wildman–Crippen MR) is 79.8 cm³/mol. The van der Waals surface area contributed by atoms with Crippen molar-refractivity contribution in [2.24, 2.45) is 9.81 Å². The van der Waals surface area contributed by atoms with Crippen molar-refractivity contribution in [2.45, 2.75) is 58.8 Å². The van der Waals surface area contributed by atoms with Gasteiger partial charge in [-0.15, -0.1) is 0 Å². The van der Waals surface area contributed by atoms with E-state index in [1.807, 2.05) is 31.5 Å². The van der Waals surface area contributed by atoms with Gasteiger partial charge in [-0.25, -0.2) is 0 Å². The Hall–Kier alpha value is -0.810. The molecule has 19 heavy (non-hydrogen) atoms. The summed E-state index contributed by atoms with van der Waals surface area (Å²) in [7, 11) is 0. The summed E-state index contributed by atoms with van der Waals surface area (Å²) in [6, 6.07) is 2.25. The summed E-state index contributed by atoms with van der Waals surface area (Å²) in [6.07, 6.45) is 2.61. The Morgan fingerprint density at radius 3 is 2.47 bits per heavy atom. The number of hydrogen-bond acceptors (Lipinski definition) is 3. The van der Waals surface area contributed by atoms with Gasteiger partial charge in [0.1, 0.15) is 21.8 Å². The van der Waals surface area contributed by atoms with Crippen molar-refractivity contribution in [1.29, 1.82) is 0 Å². The van der Waals surface area contributed by atoms with Crippen LogP contribution in [0.3, 0.4) is 0 Å². The Kier molecular flexibility index (Phi) is 3.56. The smallest absolute Gasteiger partial charge is 0.144 e. The van der Waals surface area contributed by atoms with Crippen LogP contribution in [-0.4, -0.2) is 24.8 Å². The zero-order chi connectivity index (χ0) is 14.4. The monoisotopic (exact) mass is 281 g/mol. The van der Waals surface area contributed by atoms with Gasteiger partial charge in [-0.3, -0.25) is 4.68 Å². The maximum atomic E-state index is 12.2. The number of aromatic nitrogens is 2. The Bertz CT molecular complexity index is 494. The van der Waals surface area contributed by atoms with Crippen molar-refractivity contribution in [3.05, 3.63) is 18.0 Å². The van der Waals surface area contributed by atoms with Crippen LogP contribution in [0.15, 0.2) is 16.7 Å². The number of fused-ring (bicyclic) bond motifs is 1. The average molecular weight is 281 g/mol. The van der Waals surface area contributed by atoms with Crippen molar-refractivity contribution in [3.63, 3.8) is 0 Å². The largest absolute Gasteiger partial charge is 0.591 e. The molecule has 2 atom stereocenters. The first-order chi connectivity index (χ1) is 8.60. The number of hydrogen-bond donors (Lipinski definition) is 0. The average Bonchev–Trinajstić information content (AvgIpc) is 2.77. The molecule has 1 aliphatic rings. The molecule has 1 aromatic heterocycles. The zero-order valence-electron chi connectivity index (χ0n) is 12.6. The molecule has 1 aliphatic heterocycles. The highest BCUT2D eigenvalue weighted by Crippen LogP contribution is 2.39. The fourth-order valence-corrected chi connectivity index (χ4v) is 2.80. The molecule has 0 amide bonds. The van der Waals surface area contributed by atoms with Gasteiger partial charge in [-0.2, -0.15) is 5.10 Å². The minimum Gasteiger partial charge on any atom is -0.591 e. The van der Waals surface area contributed by atoms with Crippen molar-refractivity contribution >= 4 is 17.1 Å². The summed E-state index contributed by atoms with van der Waals surface area (Å²) in [4.78, 5) is 0. The van der Waals surface area contributed by atoms with Gasteiger partial charge in [0.05, 0.1) is 11.7 Å². The molecule has 0 radical (unpaired) electrons. The van der Waals surface area contributed by atoms with Gasteiger partial charge in [0, 0.05) is 12.6 Å². The standard InChI is InChI=1S/C14H23N3OS/c1-13(2,3)12-9-10(11-7-8-15-17(11)12)16-19(18)14(4,5)6/h7-8,12H,9H2,1-6H3/b16-10-/t12?,19-/m0/s1. The maximum absolute atomic E-state index is 12.2. The van der Waals surface area contributed by atoms with E-state index in [0.717, 1.165) is 17.8 Å². The van der Waals surface area contributed by atoms with Crippen molar-refractivity contribution in [1.82, 2.24) is 9.78 Å². The third-order valence-corrected chi connectivity index (χ3v) is 4.80. The van der Waals surface area contributed by atoms with Crippen LogP contribution in [0.25, 0.3) is 0 Å². The molecule has 2 rings (SSSR count). The van der Waals surface area contributed by atoms with Crippen LogP contribution >= 0.6 is 0 Å². The quantitative estimate of drug-likeness (QED) is 0.743. The van der Waals surface area contributed by atoms with Crippen LogP contribution in [0.1, 0.15) is 59.7 Å². The minimum atomic E-state index is -1.21. The summed E-state index contributed by atoms with van der Waals surface area (Å²) in [5.41, 5.74) is 2.05. The lowest BCUT2D eigenvalue weighted by Gasteiger charge is -2.27. The molecule has 0 aliphatic carbocycles. The van der Waals surface area contributed by atoms with Crippen LogP contribution in [-0.2, 0) is 11.4 Å². The van der Waals surface area contributed by atoms with Crippen LogP contribution in [0, 0.1) is 5.41 Å². The topological polar surface area (TPSA) is 53.2 Å². The van der Waals surface area contributed by atoms with Crippen LogP contribution in [0.4, 0.5) is 0 Å². The Morgan fingerprint density at radius 2 is 1.95 bits per heavy atom. The van der Waals surface area contributed by atoms with Crippen LogP contribution < -0.4 is 0 Å². The first-order valence-electron chi connectivity index (χ1n) is 6.64. The van der Waals surface area contributed by atoms with E-state index in [4.69, 9.17) is 0 Å². The molecule has 4 nitrogen and oxygen atoms in total. The van der Waals surface area contributed by atoms with Crippen LogP contribution in [0.5, 0.6) is 0 Å². The van der Waals surface area contributed by atoms with Gasteiger partial charge in [0.15, 0.2) is 0 Å². The lowest BCUT2D eigenvalue weighted by atomic mass is 9.85. The molecule has 0 fully saturated rings. The molecular formula is C14H23N3OS. The molecule has 5 heteroatoms. The molecule has 0 bridgehead atoms. The van der Waals surface area contributed by atoms with E-state index < -0.39 is 11.4 Å². The van der Waals surface area contributed by atoms with Gasteiger partial charge in [-0.05, 0) is 32.3 Å². The zero-order valence-corrected chi connectivity index (χ0v) is 13.4. The molecular weight excluding hydrogens is 258 g/mol. The second kappa shape index (κ2) is 4.63. The molecule has 0 aromatic carbocycles. The minimum absolute atomic E-state index is 0.112. The molecule has 1 aromatic rings. The van der Waals surface area contributed by atoms with E-state index in [0.29, 0.717) is 0 Å². The summed E-state index contributed by atoms with van der Waals surface area (Å²) >= 11 is -1.21. The molecule has 106 valence electrons. The highest BCUT2D eigenvalue weighted by molar-refractivity contribution is 7.91. The highest BCUT2D eigenvalue weighted by Gasteiger charge is 2.38. The summed E-state index contributed by atoms with van der Waals surface area (Å²) in [5, 5.41) is 4.40. The first-order valence-corrected chi connectivity index (χ1v) is 7.75. The van der Waals surface area contributed by atoms with Gasteiger partial charge >= 0.3 is 0 Å². The second-order valence-corrected chi connectivity index (χ2v) is 9.05. The van der Waals surface area contributed by atoms with E-state index in [1.165, 1.54) is 0 Å². The normalized spacial score (nSPS) is 23.7. The second-order valence-electron chi connectivity index (χ2n) is 7.15. The van der Waals surface area contributed by atoms with E-state index in [-0.39, 0.29) is 16.2 Å². The molecule has 0 saturated heterocycles. The summed E-state index contributed by atoms with van der Waals surface area (Å²) in [5.74, 6) is 0. The molecule has 0 saturated carbocycles. The number of rotatable bonds is 1. The highest BCUT2D eigenvalue weighted by atomic mass is 32.2. The number of nitrogens with zero attached hydrogens (tertiary/aromatic N) is 3. The SMILES string of the molecule is CC(C)(C)C1C/C(=N/[S@@+]([O-])C(C)(C)C)c2ccnn21. The van der Waals surface area contributed by atoms with E-state index in [1.54, 1.807) is 6.20 Å². The molecule has 0 N–H and O–H groups in total. The van der Waals surface area contributed by atoms with Gasteiger partial charge in [0.2, 0.25) is 0 Å². The van der Waals surface area contributed by atoms with E-state index in [2.05, 4.69) is 30.3 Å². The van der Waals surface area contributed by atoms with E-state index >= 15 is 0 Å². The van der Waals surface area contributed by atoms with Gasteiger partial charge in [-0.1, -0.05) is 25.2 Å². The summed E-state index contributed by atoms with van der Waals surface area (Å²) in [6.45, 7) is 12.4. The Labute approximate surface area is 118 Å². The molecule has 0 spiro atoms. The van der Waals surface area contributed by atoms with Gasteiger partial charge < -0.3 is 4.55 Å². The Morgan fingerprint density at radius 1 is 1.32 bits per heavy atom. The Balaban J connectivity index is 2.35. The van der Waals surface area contributed by atoms with Crippen LogP contribution in [0.2, 0.25) is 0 Å². The lowest BCUT2D eigenvalue weighted by Crippen LogP contribution is -2.27. The van der Waals surface area contributed by atoms with Crippen molar-refractivity contribution in [3.8, 4) is 0 Å². The molecule has 1 unspecified atom stereocenters. The van der Waals surface area contributed by atoms with E-state index in [9.17, 15) is 4.55 Å². The first kappa shape index (κ1) is 14.6. The lowest BCUT2D eigenvalue weighted by molar-refractivity contribution is 0.242. The summed E-state index contributed by atoms with van der Waals surface area (Å²) < 4.78 is 18.4. The predicted octanol–water partition coefficient (Wildman–Crippen LogP) is 3.13. The third-order valence-electron chi connectivity index (χ3n) is 3.36. The molecule has 2 heterocycles. The fraction of sp³-hybridized carbons (Fsp3) is 0.714. The third kappa shape index (κ3) is 2.87.